The molecule has 0 bridgehead atoms. The molecule has 0 unspecified atom stereocenters. The van der Waals surface area contributed by atoms with Gasteiger partial charge in [0.15, 0.2) is 0 Å². The predicted octanol–water partition coefficient (Wildman–Crippen LogP) is 2.11. The maximum Gasteiger partial charge on any atom is 0.119 e. The van der Waals surface area contributed by atoms with Gasteiger partial charge in [0.25, 0.3) is 0 Å². The highest BCUT2D eigenvalue weighted by molar-refractivity contribution is 5.36. The smallest absolute Gasteiger partial charge is 0.119 e. The normalized spacial score (nSPS) is 9.81. The van der Waals surface area contributed by atoms with Crippen LogP contribution in [0.2, 0.25) is 0 Å². The van der Waals surface area contributed by atoms with Crippen molar-refractivity contribution in [2.45, 2.75) is 13.0 Å². The molecule has 0 spiro atoms. The first-order chi connectivity index (χ1) is 10.3. The fourth-order valence-corrected chi connectivity index (χ4v) is 1.89. The van der Waals surface area contributed by atoms with Crippen LogP contribution >= 0.6 is 0 Å². The van der Waals surface area contributed by atoms with Crippen LogP contribution in [-0.2, 0) is 13.0 Å². The zero-order valence-electron chi connectivity index (χ0n) is 11.9. The van der Waals surface area contributed by atoms with Crippen LogP contribution < -0.4 is 10.5 Å². The van der Waals surface area contributed by atoms with Crippen LogP contribution in [0.3, 0.4) is 0 Å². The molecule has 3 heteroatoms. The molecule has 0 heterocycles. The highest BCUT2D eigenvalue weighted by Crippen LogP contribution is 2.14. The standard InChI is InChI=1S/C18H19NO2/c19-12-1-2-15-3-5-17(6-4-15)14-21-18-9-7-16(8-10-18)11-13-20/h3-10,20H,11-14,19H2. The van der Waals surface area contributed by atoms with Crippen LogP contribution in [0.4, 0.5) is 0 Å². The van der Waals surface area contributed by atoms with E-state index in [1.807, 2.05) is 48.5 Å². The Balaban J connectivity index is 1.90. The van der Waals surface area contributed by atoms with Gasteiger partial charge in [-0.25, -0.2) is 0 Å². The van der Waals surface area contributed by atoms with E-state index in [1.165, 1.54) is 0 Å². The SMILES string of the molecule is NCC#Cc1ccc(COc2ccc(CCO)cc2)cc1. The Morgan fingerprint density at radius 2 is 1.62 bits per heavy atom. The van der Waals surface area contributed by atoms with Crippen molar-refractivity contribution in [3.05, 3.63) is 65.2 Å². The van der Waals surface area contributed by atoms with Gasteiger partial charge < -0.3 is 15.6 Å². The Morgan fingerprint density at radius 1 is 0.952 bits per heavy atom. The number of aliphatic hydroxyl groups excluding tert-OH is 1. The molecule has 2 aromatic rings. The summed E-state index contributed by atoms with van der Waals surface area (Å²) in [6.45, 7) is 1.06. The van der Waals surface area contributed by atoms with Crippen LogP contribution in [0.5, 0.6) is 5.75 Å². The monoisotopic (exact) mass is 281 g/mol. The van der Waals surface area contributed by atoms with Gasteiger partial charge in [-0.1, -0.05) is 36.1 Å². The van der Waals surface area contributed by atoms with Crippen molar-refractivity contribution in [2.24, 2.45) is 5.73 Å². The summed E-state index contributed by atoms with van der Waals surface area (Å²) >= 11 is 0. The first-order valence-electron chi connectivity index (χ1n) is 6.92. The second kappa shape index (κ2) is 8.11. The molecule has 0 fully saturated rings. The van der Waals surface area contributed by atoms with Gasteiger partial charge in [0.1, 0.15) is 12.4 Å². The third kappa shape index (κ3) is 4.96. The summed E-state index contributed by atoms with van der Waals surface area (Å²) in [6, 6.07) is 15.7. The Morgan fingerprint density at radius 3 is 2.24 bits per heavy atom. The van der Waals surface area contributed by atoms with Gasteiger partial charge in [-0.2, -0.15) is 0 Å². The molecule has 0 saturated carbocycles. The fourth-order valence-electron chi connectivity index (χ4n) is 1.89. The summed E-state index contributed by atoms with van der Waals surface area (Å²) in [5.41, 5.74) is 8.49. The molecule has 0 aliphatic rings. The topological polar surface area (TPSA) is 55.5 Å². The molecule has 0 atom stereocenters. The van der Waals surface area contributed by atoms with Crippen molar-refractivity contribution in [3.63, 3.8) is 0 Å². The molecule has 0 aliphatic carbocycles. The van der Waals surface area contributed by atoms with E-state index in [0.29, 0.717) is 19.6 Å². The quantitative estimate of drug-likeness (QED) is 0.825. The average molecular weight is 281 g/mol. The maximum atomic E-state index is 8.87. The van der Waals surface area contributed by atoms with Gasteiger partial charge in [-0.15, -0.1) is 0 Å². The summed E-state index contributed by atoms with van der Waals surface area (Å²) in [4.78, 5) is 0. The average Bonchev–Trinajstić information content (AvgIpc) is 2.53. The molecule has 2 aromatic carbocycles. The summed E-state index contributed by atoms with van der Waals surface area (Å²) < 4.78 is 5.73. The Labute approximate surface area is 125 Å². The first kappa shape index (κ1) is 15.1. The van der Waals surface area contributed by atoms with Gasteiger partial charge in [-0.05, 0) is 41.8 Å². The van der Waals surface area contributed by atoms with Crippen molar-refractivity contribution < 1.29 is 9.84 Å². The van der Waals surface area contributed by atoms with Crippen molar-refractivity contribution >= 4 is 0 Å². The number of aliphatic hydroxyl groups is 1. The lowest BCUT2D eigenvalue weighted by Gasteiger charge is -2.07. The third-order valence-electron chi connectivity index (χ3n) is 3.02. The maximum absolute atomic E-state index is 8.87. The van der Waals surface area contributed by atoms with E-state index >= 15 is 0 Å². The molecule has 21 heavy (non-hydrogen) atoms. The van der Waals surface area contributed by atoms with Gasteiger partial charge in [0.05, 0.1) is 6.54 Å². The number of hydrogen-bond donors (Lipinski definition) is 2. The molecule has 0 aromatic heterocycles. The lowest BCUT2D eigenvalue weighted by molar-refractivity contribution is 0.298. The van der Waals surface area contributed by atoms with Gasteiger partial charge in [0.2, 0.25) is 0 Å². The van der Waals surface area contributed by atoms with Crippen molar-refractivity contribution in [1.29, 1.82) is 0 Å². The fraction of sp³-hybridized carbons (Fsp3) is 0.222. The second-order valence-corrected chi connectivity index (χ2v) is 4.61. The number of rotatable bonds is 5. The third-order valence-corrected chi connectivity index (χ3v) is 3.02. The first-order valence-corrected chi connectivity index (χ1v) is 6.92. The van der Waals surface area contributed by atoms with Crippen LogP contribution in [0.1, 0.15) is 16.7 Å². The Hall–Kier alpha value is -2.28. The minimum absolute atomic E-state index is 0.166. The molecule has 0 radical (unpaired) electrons. The van der Waals surface area contributed by atoms with E-state index in [9.17, 15) is 0 Å². The van der Waals surface area contributed by atoms with E-state index in [2.05, 4.69) is 11.8 Å². The summed E-state index contributed by atoms with van der Waals surface area (Å²) in [5.74, 6) is 6.64. The van der Waals surface area contributed by atoms with Crippen LogP contribution in [0.25, 0.3) is 0 Å². The van der Waals surface area contributed by atoms with Crippen molar-refractivity contribution in [3.8, 4) is 17.6 Å². The van der Waals surface area contributed by atoms with Crippen molar-refractivity contribution in [2.75, 3.05) is 13.2 Å². The minimum atomic E-state index is 0.166. The van der Waals surface area contributed by atoms with E-state index < -0.39 is 0 Å². The van der Waals surface area contributed by atoms with E-state index in [4.69, 9.17) is 15.6 Å². The van der Waals surface area contributed by atoms with E-state index in [-0.39, 0.29) is 6.61 Å². The lowest BCUT2D eigenvalue weighted by atomic mass is 10.1. The van der Waals surface area contributed by atoms with E-state index in [0.717, 1.165) is 22.4 Å². The molecule has 0 saturated heterocycles. The number of nitrogens with two attached hydrogens (primary N) is 1. The number of benzene rings is 2. The highest BCUT2D eigenvalue weighted by atomic mass is 16.5. The summed E-state index contributed by atoms with van der Waals surface area (Å²) in [6.07, 6.45) is 0.672. The van der Waals surface area contributed by atoms with E-state index in [1.54, 1.807) is 0 Å². The summed E-state index contributed by atoms with van der Waals surface area (Å²) in [5, 5.41) is 8.87. The van der Waals surface area contributed by atoms with Gasteiger partial charge >= 0.3 is 0 Å². The predicted molar refractivity (Wildman–Crippen MR) is 83.9 cm³/mol. The lowest BCUT2D eigenvalue weighted by Crippen LogP contribution is -1.96. The van der Waals surface area contributed by atoms with Crippen molar-refractivity contribution in [1.82, 2.24) is 0 Å². The zero-order valence-corrected chi connectivity index (χ0v) is 11.9. The molecule has 2 rings (SSSR count). The molecular formula is C18H19NO2. The molecule has 3 nitrogen and oxygen atoms in total. The summed E-state index contributed by atoms with van der Waals surface area (Å²) in [7, 11) is 0. The van der Waals surface area contributed by atoms with Crippen LogP contribution in [-0.4, -0.2) is 18.3 Å². The number of hydrogen-bond acceptors (Lipinski definition) is 3. The van der Waals surface area contributed by atoms with Crippen LogP contribution in [0.15, 0.2) is 48.5 Å². The molecule has 3 N–H and O–H groups in total. The largest absolute Gasteiger partial charge is 0.489 e. The Bertz CT molecular complexity index is 606. The highest BCUT2D eigenvalue weighted by Gasteiger charge is 1.97. The molecule has 0 amide bonds. The number of ether oxygens (including phenoxy) is 1. The van der Waals surface area contributed by atoms with Gasteiger partial charge in [-0.3, -0.25) is 0 Å². The minimum Gasteiger partial charge on any atom is -0.489 e. The molecule has 0 aliphatic heterocycles. The van der Waals surface area contributed by atoms with Crippen LogP contribution in [0, 0.1) is 11.8 Å². The molecule has 108 valence electrons. The second-order valence-electron chi connectivity index (χ2n) is 4.61. The van der Waals surface area contributed by atoms with Gasteiger partial charge in [0, 0.05) is 12.2 Å². The molecular weight excluding hydrogens is 262 g/mol. The zero-order chi connectivity index (χ0) is 14.9. The Kier molecular flexibility index (Phi) is 5.83.